The zero-order chi connectivity index (χ0) is 14.5. The first-order valence-electron chi connectivity index (χ1n) is 6.96. The van der Waals surface area contributed by atoms with Gasteiger partial charge >= 0.3 is 0 Å². The summed E-state index contributed by atoms with van der Waals surface area (Å²) in [5, 5.41) is 12.8. The maximum Gasteiger partial charge on any atom is 0.252 e. The number of aliphatic hydroxyl groups excluding tert-OH is 1. The standard InChI is InChI=1S/C15H19BrClNO2/c16-12-5-6-13(14(17)7-12)15(20)18-8-10-3-1-2-4-11(10)9-19/h5-7,10-11,19H,1-4,8-9H2,(H,18,20). The summed E-state index contributed by atoms with van der Waals surface area (Å²) in [5.74, 6) is 0.529. The van der Waals surface area contributed by atoms with Gasteiger partial charge in [-0.2, -0.15) is 0 Å². The third kappa shape index (κ3) is 3.96. The van der Waals surface area contributed by atoms with Gasteiger partial charge in [0.15, 0.2) is 0 Å². The molecule has 110 valence electrons. The van der Waals surface area contributed by atoms with Gasteiger partial charge in [0.25, 0.3) is 5.91 Å². The predicted molar refractivity (Wildman–Crippen MR) is 84.0 cm³/mol. The molecule has 0 spiro atoms. The van der Waals surface area contributed by atoms with E-state index < -0.39 is 0 Å². The zero-order valence-electron chi connectivity index (χ0n) is 11.2. The van der Waals surface area contributed by atoms with Gasteiger partial charge in [-0.05, 0) is 42.9 Å². The van der Waals surface area contributed by atoms with E-state index in [9.17, 15) is 9.90 Å². The van der Waals surface area contributed by atoms with Crippen LogP contribution in [0.4, 0.5) is 0 Å². The zero-order valence-corrected chi connectivity index (χ0v) is 13.6. The third-order valence-corrected chi connectivity index (χ3v) is 4.81. The molecule has 0 saturated heterocycles. The highest BCUT2D eigenvalue weighted by Gasteiger charge is 2.25. The van der Waals surface area contributed by atoms with Crippen molar-refractivity contribution in [2.24, 2.45) is 11.8 Å². The largest absolute Gasteiger partial charge is 0.396 e. The van der Waals surface area contributed by atoms with Crippen molar-refractivity contribution in [3.8, 4) is 0 Å². The second kappa shape index (κ2) is 7.43. The van der Waals surface area contributed by atoms with Crippen molar-refractivity contribution in [1.82, 2.24) is 5.32 Å². The Morgan fingerprint density at radius 1 is 1.35 bits per heavy atom. The number of amides is 1. The van der Waals surface area contributed by atoms with Crippen molar-refractivity contribution in [1.29, 1.82) is 0 Å². The Bertz CT molecular complexity index is 481. The SMILES string of the molecule is O=C(NCC1CCCCC1CO)c1ccc(Br)cc1Cl. The van der Waals surface area contributed by atoms with E-state index in [-0.39, 0.29) is 12.5 Å². The Balaban J connectivity index is 1.94. The van der Waals surface area contributed by atoms with E-state index in [0.717, 1.165) is 17.3 Å². The van der Waals surface area contributed by atoms with Crippen LogP contribution in [0.15, 0.2) is 22.7 Å². The van der Waals surface area contributed by atoms with E-state index in [2.05, 4.69) is 21.2 Å². The number of benzene rings is 1. The number of carbonyl (C=O) groups excluding carboxylic acids is 1. The maximum atomic E-state index is 12.1. The minimum absolute atomic E-state index is 0.148. The number of halogens is 2. The number of rotatable bonds is 4. The number of nitrogens with one attached hydrogen (secondary N) is 1. The molecule has 1 aliphatic carbocycles. The monoisotopic (exact) mass is 359 g/mol. The quantitative estimate of drug-likeness (QED) is 0.861. The Labute approximate surface area is 132 Å². The Morgan fingerprint density at radius 2 is 2.05 bits per heavy atom. The van der Waals surface area contributed by atoms with Crippen LogP contribution in [-0.4, -0.2) is 24.2 Å². The molecule has 1 saturated carbocycles. The second-order valence-corrected chi connectivity index (χ2v) is 6.64. The molecule has 0 heterocycles. The third-order valence-electron chi connectivity index (χ3n) is 4.00. The van der Waals surface area contributed by atoms with Crippen LogP contribution in [-0.2, 0) is 0 Å². The molecule has 3 nitrogen and oxygen atoms in total. The van der Waals surface area contributed by atoms with E-state index >= 15 is 0 Å². The first kappa shape index (κ1) is 15.8. The molecule has 2 rings (SSSR count). The van der Waals surface area contributed by atoms with E-state index in [1.165, 1.54) is 12.8 Å². The highest BCUT2D eigenvalue weighted by atomic mass is 79.9. The van der Waals surface area contributed by atoms with E-state index in [4.69, 9.17) is 11.6 Å². The van der Waals surface area contributed by atoms with Crippen LogP contribution in [0.3, 0.4) is 0 Å². The summed E-state index contributed by atoms with van der Waals surface area (Å²) in [6.07, 6.45) is 4.47. The average Bonchev–Trinajstić information content (AvgIpc) is 2.45. The summed E-state index contributed by atoms with van der Waals surface area (Å²) in [5.41, 5.74) is 0.492. The number of carbonyl (C=O) groups is 1. The smallest absolute Gasteiger partial charge is 0.252 e. The van der Waals surface area contributed by atoms with Gasteiger partial charge in [-0.1, -0.05) is 40.4 Å². The van der Waals surface area contributed by atoms with Gasteiger partial charge < -0.3 is 10.4 Å². The summed E-state index contributed by atoms with van der Waals surface area (Å²) >= 11 is 9.39. The van der Waals surface area contributed by atoms with Crippen molar-refractivity contribution in [3.05, 3.63) is 33.3 Å². The molecule has 2 N–H and O–H groups in total. The van der Waals surface area contributed by atoms with Gasteiger partial charge in [0.2, 0.25) is 0 Å². The fourth-order valence-electron chi connectivity index (χ4n) is 2.79. The molecule has 1 aliphatic rings. The number of aliphatic hydroxyl groups is 1. The molecule has 0 aliphatic heterocycles. The van der Waals surface area contributed by atoms with Gasteiger partial charge in [0, 0.05) is 17.6 Å². The van der Waals surface area contributed by atoms with Gasteiger partial charge in [-0.3, -0.25) is 4.79 Å². The van der Waals surface area contributed by atoms with Gasteiger partial charge in [0.05, 0.1) is 10.6 Å². The lowest BCUT2D eigenvalue weighted by Crippen LogP contribution is -2.35. The molecule has 1 amide bonds. The predicted octanol–water partition coefficient (Wildman–Crippen LogP) is 3.63. The van der Waals surface area contributed by atoms with E-state index in [1.54, 1.807) is 18.2 Å². The molecule has 2 atom stereocenters. The van der Waals surface area contributed by atoms with Crippen molar-refractivity contribution < 1.29 is 9.90 Å². The molecule has 0 bridgehead atoms. The minimum Gasteiger partial charge on any atom is -0.396 e. The second-order valence-electron chi connectivity index (χ2n) is 5.32. The Morgan fingerprint density at radius 3 is 2.70 bits per heavy atom. The summed E-state index contributed by atoms with van der Waals surface area (Å²) < 4.78 is 0.853. The molecule has 2 unspecified atom stereocenters. The van der Waals surface area contributed by atoms with E-state index in [0.29, 0.717) is 29.0 Å². The number of hydrogen-bond donors (Lipinski definition) is 2. The van der Waals surface area contributed by atoms with Crippen molar-refractivity contribution in [3.63, 3.8) is 0 Å². The first-order chi connectivity index (χ1) is 9.61. The van der Waals surface area contributed by atoms with Crippen LogP contribution in [0.5, 0.6) is 0 Å². The van der Waals surface area contributed by atoms with Crippen LogP contribution in [0.2, 0.25) is 5.02 Å². The van der Waals surface area contributed by atoms with E-state index in [1.807, 2.05) is 0 Å². The lowest BCUT2D eigenvalue weighted by atomic mass is 9.79. The lowest BCUT2D eigenvalue weighted by molar-refractivity contribution is 0.0909. The van der Waals surface area contributed by atoms with Crippen LogP contribution >= 0.6 is 27.5 Å². The number of hydrogen-bond acceptors (Lipinski definition) is 2. The van der Waals surface area contributed by atoms with Gasteiger partial charge in [0.1, 0.15) is 0 Å². The van der Waals surface area contributed by atoms with Crippen molar-refractivity contribution in [2.75, 3.05) is 13.2 Å². The first-order valence-corrected chi connectivity index (χ1v) is 8.13. The average molecular weight is 361 g/mol. The topological polar surface area (TPSA) is 49.3 Å². The molecular weight excluding hydrogens is 342 g/mol. The van der Waals surface area contributed by atoms with Crippen LogP contribution in [0, 0.1) is 11.8 Å². The molecule has 0 radical (unpaired) electrons. The molecule has 1 aromatic rings. The van der Waals surface area contributed by atoms with Gasteiger partial charge in [-0.15, -0.1) is 0 Å². The molecule has 5 heteroatoms. The van der Waals surface area contributed by atoms with Crippen molar-refractivity contribution >= 4 is 33.4 Å². The fourth-order valence-corrected chi connectivity index (χ4v) is 3.55. The van der Waals surface area contributed by atoms with Crippen LogP contribution in [0.1, 0.15) is 36.0 Å². The molecule has 1 fully saturated rings. The summed E-state index contributed by atoms with van der Waals surface area (Å²) in [7, 11) is 0. The Kier molecular flexibility index (Phi) is 5.87. The summed E-state index contributed by atoms with van der Waals surface area (Å²) in [6, 6.07) is 5.23. The maximum absolute atomic E-state index is 12.1. The normalized spacial score (nSPS) is 22.6. The highest BCUT2D eigenvalue weighted by molar-refractivity contribution is 9.10. The fraction of sp³-hybridized carbons (Fsp3) is 0.533. The highest BCUT2D eigenvalue weighted by Crippen LogP contribution is 2.29. The van der Waals surface area contributed by atoms with Crippen LogP contribution < -0.4 is 5.32 Å². The molecule has 0 aromatic heterocycles. The Hall–Kier alpha value is -0.580. The molecular formula is C15H19BrClNO2. The molecule has 20 heavy (non-hydrogen) atoms. The minimum atomic E-state index is -0.148. The van der Waals surface area contributed by atoms with Crippen molar-refractivity contribution in [2.45, 2.75) is 25.7 Å². The van der Waals surface area contributed by atoms with Gasteiger partial charge in [-0.25, -0.2) is 0 Å². The van der Waals surface area contributed by atoms with Crippen LogP contribution in [0.25, 0.3) is 0 Å². The summed E-state index contributed by atoms with van der Waals surface area (Å²) in [4.78, 5) is 12.1. The lowest BCUT2D eigenvalue weighted by Gasteiger charge is -2.30. The molecule has 1 aromatic carbocycles. The summed E-state index contributed by atoms with van der Waals surface area (Å²) in [6.45, 7) is 0.816.